The number of nitrogens with one attached hydrogen (secondary N) is 1. The second-order valence-corrected chi connectivity index (χ2v) is 4.23. The normalized spacial score (nSPS) is 15.0. The van der Waals surface area contributed by atoms with E-state index in [4.69, 9.17) is 0 Å². The van der Waals surface area contributed by atoms with E-state index in [0.29, 0.717) is 13.1 Å². The Kier molecular flexibility index (Phi) is 3.40. The summed E-state index contributed by atoms with van der Waals surface area (Å²) in [5, 5.41) is 3.38. The highest BCUT2D eigenvalue weighted by atomic mass is 32.2. The zero-order valence-electron chi connectivity index (χ0n) is 8.55. The first-order chi connectivity index (χ1) is 7.77. The first-order valence-electron chi connectivity index (χ1n) is 4.89. The van der Waals surface area contributed by atoms with Crippen LogP contribution in [0.25, 0.3) is 0 Å². The molecule has 0 atom stereocenters. The van der Waals surface area contributed by atoms with Crippen LogP contribution in [0.1, 0.15) is 0 Å². The van der Waals surface area contributed by atoms with E-state index in [1.807, 2.05) is 18.2 Å². The molecule has 1 aliphatic heterocycles. The number of pyridine rings is 1. The van der Waals surface area contributed by atoms with E-state index >= 15 is 0 Å². The molecule has 2 rings (SSSR count). The SMILES string of the molecule is O=C(CSc1ccccn1)N1CCNC1=O. The van der Waals surface area contributed by atoms with E-state index in [0.717, 1.165) is 5.03 Å². The van der Waals surface area contributed by atoms with Gasteiger partial charge in [0.15, 0.2) is 0 Å². The monoisotopic (exact) mass is 237 g/mol. The minimum absolute atomic E-state index is 0.175. The van der Waals surface area contributed by atoms with Gasteiger partial charge in [0, 0.05) is 19.3 Å². The maximum Gasteiger partial charge on any atom is 0.324 e. The van der Waals surface area contributed by atoms with Gasteiger partial charge in [0.05, 0.1) is 10.8 Å². The molecule has 1 fully saturated rings. The fraction of sp³-hybridized carbons (Fsp3) is 0.300. The van der Waals surface area contributed by atoms with E-state index < -0.39 is 0 Å². The molecule has 6 heteroatoms. The number of carbonyl (C=O) groups is 2. The lowest BCUT2D eigenvalue weighted by Crippen LogP contribution is -2.35. The van der Waals surface area contributed by atoms with Crippen LogP contribution < -0.4 is 5.32 Å². The highest BCUT2D eigenvalue weighted by molar-refractivity contribution is 7.99. The Bertz CT molecular complexity index is 396. The summed E-state index contributed by atoms with van der Waals surface area (Å²) in [6.07, 6.45) is 1.68. The Hall–Kier alpha value is -1.56. The molecule has 0 spiro atoms. The van der Waals surface area contributed by atoms with E-state index in [2.05, 4.69) is 10.3 Å². The van der Waals surface area contributed by atoms with Crippen LogP contribution in [0.5, 0.6) is 0 Å². The summed E-state index contributed by atoms with van der Waals surface area (Å²) in [5.74, 6) is 0.0652. The van der Waals surface area contributed by atoms with Crippen molar-refractivity contribution in [3.63, 3.8) is 0 Å². The van der Waals surface area contributed by atoms with Crippen LogP contribution in [-0.2, 0) is 4.79 Å². The van der Waals surface area contributed by atoms with Crippen LogP contribution in [0.3, 0.4) is 0 Å². The highest BCUT2D eigenvalue weighted by Crippen LogP contribution is 2.15. The van der Waals surface area contributed by atoms with Crippen LogP contribution >= 0.6 is 11.8 Å². The van der Waals surface area contributed by atoms with Crippen molar-refractivity contribution in [2.75, 3.05) is 18.8 Å². The first kappa shape index (κ1) is 10.9. The maximum atomic E-state index is 11.6. The molecule has 0 unspecified atom stereocenters. The number of urea groups is 1. The molecule has 1 aromatic rings. The van der Waals surface area contributed by atoms with Crippen LogP contribution in [0.2, 0.25) is 0 Å². The molecule has 5 nitrogen and oxygen atoms in total. The lowest BCUT2D eigenvalue weighted by molar-refractivity contribution is -0.124. The van der Waals surface area contributed by atoms with Gasteiger partial charge in [0.1, 0.15) is 0 Å². The van der Waals surface area contributed by atoms with Crippen molar-refractivity contribution in [1.29, 1.82) is 0 Å². The topological polar surface area (TPSA) is 62.3 Å². The second kappa shape index (κ2) is 4.98. The third-order valence-electron chi connectivity index (χ3n) is 2.14. The van der Waals surface area contributed by atoms with E-state index in [-0.39, 0.29) is 17.7 Å². The quantitative estimate of drug-likeness (QED) is 0.787. The molecule has 1 saturated heterocycles. The van der Waals surface area contributed by atoms with Crippen LogP contribution in [0.4, 0.5) is 4.79 Å². The van der Waals surface area contributed by atoms with Gasteiger partial charge in [0.2, 0.25) is 5.91 Å². The highest BCUT2D eigenvalue weighted by Gasteiger charge is 2.25. The van der Waals surface area contributed by atoms with Gasteiger partial charge in [-0.25, -0.2) is 9.78 Å². The average Bonchev–Trinajstić information content (AvgIpc) is 2.74. The average molecular weight is 237 g/mol. The predicted octanol–water partition coefficient (Wildman–Crippen LogP) is 0.726. The van der Waals surface area contributed by atoms with Crippen molar-refractivity contribution in [1.82, 2.24) is 15.2 Å². The number of hydrogen-bond acceptors (Lipinski definition) is 4. The molecule has 0 bridgehead atoms. The van der Waals surface area contributed by atoms with Crippen LogP contribution in [0, 0.1) is 0 Å². The number of imide groups is 1. The van der Waals surface area contributed by atoms with Gasteiger partial charge in [-0.05, 0) is 12.1 Å². The summed E-state index contributed by atoms with van der Waals surface area (Å²) in [7, 11) is 0. The number of carbonyl (C=O) groups excluding carboxylic acids is 2. The first-order valence-corrected chi connectivity index (χ1v) is 5.88. The Morgan fingerprint density at radius 2 is 2.44 bits per heavy atom. The van der Waals surface area contributed by atoms with E-state index in [1.165, 1.54) is 16.7 Å². The number of hydrogen-bond donors (Lipinski definition) is 1. The van der Waals surface area contributed by atoms with Gasteiger partial charge >= 0.3 is 6.03 Å². The molecule has 0 radical (unpaired) electrons. The van der Waals surface area contributed by atoms with Gasteiger partial charge in [0.25, 0.3) is 0 Å². The second-order valence-electron chi connectivity index (χ2n) is 3.23. The van der Waals surface area contributed by atoms with Crippen molar-refractivity contribution in [2.45, 2.75) is 5.03 Å². The number of aromatic nitrogens is 1. The molecule has 16 heavy (non-hydrogen) atoms. The molecule has 0 saturated carbocycles. The molecule has 2 heterocycles. The Balaban J connectivity index is 1.86. The van der Waals surface area contributed by atoms with Crippen LogP contribution in [-0.4, -0.2) is 40.7 Å². The van der Waals surface area contributed by atoms with Gasteiger partial charge < -0.3 is 5.32 Å². The maximum absolute atomic E-state index is 11.6. The largest absolute Gasteiger partial charge is 0.336 e. The summed E-state index contributed by atoms with van der Waals surface area (Å²) in [5.41, 5.74) is 0. The van der Waals surface area contributed by atoms with Gasteiger partial charge in [-0.3, -0.25) is 9.69 Å². The van der Waals surface area contributed by atoms with E-state index in [9.17, 15) is 9.59 Å². The standard InChI is InChI=1S/C10H11N3O2S/c14-9(13-6-5-12-10(13)15)7-16-8-3-1-2-4-11-8/h1-4H,5-7H2,(H,12,15). The summed E-state index contributed by atoms with van der Waals surface area (Å²) >= 11 is 1.34. The molecule has 1 aliphatic rings. The predicted molar refractivity (Wildman–Crippen MR) is 60.1 cm³/mol. The third-order valence-corrected chi connectivity index (χ3v) is 3.07. The van der Waals surface area contributed by atoms with Crippen molar-refractivity contribution in [3.05, 3.63) is 24.4 Å². The van der Waals surface area contributed by atoms with E-state index in [1.54, 1.807) is 6.20 Å². The molecule has 84 valence electrons. The summed E-state index contributed by atoms with van der Waals surface area (Å²) in [6.45, 7) is 0.999. The smallest absolute Gasteiger partial charge is 0.324 e. The van der Waals surface area contributed by atoms with Gasteiger partial charge in [-0.1, -0.05) is 17.8 Å². The zero-order chi connectivity index (χ0) is 11.4. The van der Waals surface area contributed by atoms with Crippen molar-refractivity contribution < 1.29 is 9.59 Å². The Morgan fingerprint density at radius 1 is 1.56 bits per heavy atom. The van der Waals surface area contributed by atoms with Crippen molar-refractivity contribution in [3.8, 4) is 0 Å². The van der Waals surface area contributed by atoms with Gasteiger partial charge in [-0.15, -0.1) is 0 Å². The van der Waals surface area contributed by atoms with Crippen molar-refractivity contribution >= 4 is 23.7 Å². The van der Waals surface area contributed by atoms with Crippen molar-refractivity contribution in [2.24, 2.45) is 0 Å². The summed E-state index contributed by atoms with van der Waals surface area (Å²) in [6, 6.07) is 5.22. The number of rotatable bonds is 3. The number of thioether (sulfide) groups is 1. The minimum Gasteiger partial charge on any atom is -0.336 e. The fourth-order valence-corrected chi connectivity index (χ4v) is 2.09. The Morgan fingerprint density at radius 3 is 3.06 bits per heavy atom. The number of nitrogens with zero attached hydrogens (tertiary/aromatic N) is 2. The molecule has 3 amide bonds. The molecule has 0 aromatic carbocycles. The molecule has 0 aliphatic carbocycles. The zero-order valence-corrected chi connectivity index (χ0v) is 9.37. The molecule has 1 N–H and O–H groups in total. The summed E-state index contributed by atoms with van der Waals surface area (Å²) < 4.78 is 0. The number of amides is 3. The fourth-order valence-electron chi connectivity index (χ4n) is 1.36. The summed E-state index contributed by atoms with van der Waals surface area (Å²) in [4.78, 5) is 28.2. The lowest BCUT2D eigenvalue weighted by Gasteiger charge is -2.10. The lowest BCUT2D eigenvalue weighted by atomic mass is 10.5. The third kappa shape index (κ3) is 2.52. The molecular weight excluding hydrogens is 226 g/mol. The van der Waals surface area contributed by atoms with Crippen LogP contribution in [0.15, 0.2) is 29.4 Å². The Labute approximate surface area is 97.2 Å². The molecule has 1 aromatic heterocycles. The minimum atomic E-state index is -0.299. The van der Waals surface area contributed by atoms with Gasteiger partial charge in [-0.2, -0.15) is 0 Å². The molecular formula is C10H11N3O2S.